The lowest BCUT2D eigenvalue weighted by Crippen LogP contribution is -2.36. The molecule has 0 saturated carbocycles. The average Bonchev–Trinajstić information content (AvgIpc) is 2.81. The second kappa shape index (κ2) is 5.41. The van der Waals surface area contributed by atoms with Crippen LogP contribution in [-0.2, 0) is 19.4 Å². The lowest BCUT2D eigenvalue weighted by molar-refractivity contribution is 0.181. The third kappa shape index (κ3) is 2.59. The van der Waals surface area contributed by atoms with Crippen molar-refractivity contribution in [2.75, 3.05) is 26.2 Å². The van der Waals surface area contributed by atoms with Gasteiger partial charge in [-0.15, -0.1) is 0 Å². The summed E-state index contributed by atoms with van der Waals surface area (Å²) in [5.74, 6) is 2.01. The van der Waals surface area contributed by atoms with Gasteiger partial charge in [0.1, 0.15) is 5.82 Å². The third-order valence-electron chi connectivity index (χ3n) is 4.29. The smallest absolute Gasteiger partial charge is 0.106 e. The molecule has 0 amide bonds. The van der Waals surface area contributed by atoms with Crippen molar-refractivity contribution in [3.8, 4) is 0 Å². The molecule has 0 aliphatic carbocycles. The minimum atomic E-state index is 0.791. The van der Waals surface area contributed by atoms with Crippen molar-refractivity contribution in [3.05, 3.63) is 17.2 Å². The molecule has 0 aromatic carbocycles. The number of hydrogen-bond donors (Lipinski definition) is 2. The van der Waals surface area contributed by atoms with Gasteiger partial charge in [0, 0.05) is 32.5 Å². The second-order valence-corrected chi connectivity index (χ2v) is 5.64. The van der Waals surface area contributed by atoms with E-state index in [4.69, 9.17) is 4.98 Å². The van der Waals surface area contributed by atoms with Crippen LogP contribution in [0.3, 0.4) is 0 Å². The Morgan fingerprint density at radius 1 is 1.44 bits per heavy atom. The summed E-state index contributed by atoms with van der Waals surface area (Å²) in [6.07, 6.45) is 4.92. The second-order valence-electron chi connectivity index (χ2n) is 5.64. The summed E-state index contributed by atoms with van der Waals surface area (Å²) in [5, 5.41) is 3.39. The molecule has 2 aliphatic heterocycles. The highest BCUT2D eigenvalue weighted by atomic mass is 15.1. The Morgan fingerprint density at radius 2 is 2.39 bits per heavy atom. The van der Waals surface area contributed by atoms with E-state index in [2.05, 4.69) is 22.1 Å². The number of piperidine rings is 1. The summed E-state index contributed by atoms with van der Waals surface area (Å²) in [6, 6.07) is 0. The number of H-pyrrole nitrogens is 1. The van der Waals surface area contributed by atoms with E-state index in [1.807, 2.05) is 0 Å². The van der Waals surface area contributed by atoms with Gasteiger partial charge in [-0.1, -0.05) is 6.92 Å². The lowest BCUT2D eigenvalue weighted by Gasteiger charge is -2.31. The molecule has 0 spiro atoms. The van der Waals surface area contributed by atoms with Gasteiger partial charge in [0.05, 0.1) is 11.4 Å². The highest BCUT2D eigenvalue weighted by molar-refractivity contribution is 5.17. The Hall–Kier alpha value is -0.870. The molecule has 1 fully saturated rings. The van der Waals surface area contributed by atoms with Crippen LogP contribution in [0.1, 0.15) is 37.0 Å². The fraction of sp³-hybridized carbons (Fsp3) is 0.786. The van der Waals surface area contributed by atoms with Crippen LogP contribution in [0.25, 0.3) is 0 Å². The van der Waals surface area contributed by atoms with Gasteiger partial charge in [0.2, 0.25) is 0 Å². The molecule has 4 nitrogen and oxygen atoms in total. The molecule has 0 radical (unpaired) electrons. The van der Waals surface area contributed by atoms with E-state index in [1.54, 1.807) is 0 Å². The Bertz CT molecular complexity index is 375. The Morgan fingerprint density at radius 3 is 3.22 bits per heavy atom. The molecule has 100 valence electrons. The maximum Gasteiger partial charge on any atom is 0.106 e. The topological polar surface area (TPSA) is 44.0 Å². The van der Waals surface area contributed by atoms with Crippen LogP contribution >= 0.6 is 0 Å². The summed E-state index contributed by atoms with van der Waals surface area (Å²) < 4.78 is 0. The van der Waals surface area contributed by atoms with Crippen LogP contribution in [0.4, 0.5) is 0 Å². The maximum atomic E-state index is 4.78. The van der Waals surface area contributed by atoms with Crippen LogP contribution in [0.15, 0.2) is 0 Å². The van der Waals surface area contributed by atoms with Gasteiger partial charge in [0.25, 0.3) is 0 Å². The van der Waals surface area contributed by atoms with Gasteiger partial charge in [-0.2, -0.15) is 0 Å². The quantitative estimate of drug-likeness (QED) is 0.848. The van der Waals surface area contributed by atoms with Gasteiger partial charge in [0.15, 0.2) is 0 Å². The SMILES string of the molecule is CCN1CCCC(Cc2nc3c([nH]2)CNCC3)C1. The normalized spacial score (nSPS) is 25.1. The van der Waals surface area contributed by atoms with Crippen molar-refractivity contribution in [3.63, 3.8) is 0 Å². The number of hydrogen-bond acceptors (Lipinski definition) is 3. The zero-order valence-electron chi connectivity index (χ0n) is 11.3. The predicted molar refractivity (Wildman–Crippen MR) is 72.5 cm³/mol. The van der Waals surface area contributed by atoms with Crippen molar-refractivity contribution in [1.82, 2.24) is 20.2 Å². The number of fused-ring (bicyclic) bond motifs is 1. The van der Waals surface area contributed by atoms with Gasteiger partial charge in [-0.05, 0) is 31.8 Å². The molecule has 4 heteroatoms. The first-order chi connectivity index (χ1) is 8.85. The number of nitrogens with zero attached hydrogens (tertiary/aromatic N) is 2. The number of likely N-dealkylation sites (tertiary alicyclic amines) is 1. The fourth-order valence-electron chi connectivity index (χ4n) is 3.25. The number of rotatable bonds is 3. The first-order valence-electron chi connectivity index (χ1n) is 7.35. The molecular weight excluding hydrogens is 224 g/mol. The standard InChI is InChI=1S/C14H24N4/c1-2-18-7-3-4-11(10-18)8-14-16-12-5-6-15-9-13(12)17-14/h11,15H,2-10H2,1H3,(H,16,17). The molecule has 0 bridgehead atoms. The third-order valence-corrected chi connectivity index (χ3v) is 4.29. The van der Waals surface area contributed by atoms with Crippen molar-refractivity contribution in [2.45, 2.75) is 39.2 Å². The Balaban J connectivity index is 1.63. The van der Waals surface area contributed by atoms with Crippen molar-refractivity contribution in [2.24, 2.45) is 5.92 Å². The van der Waals surface area contributed by atoms with Crippen molar-refractivity contribution >= 4 is 0 Å². The molecule has 3 heterocycles. The van der Waals surface area contributed by atoms with E-state index in [0.29, 0.717) is 0 Å². The van der Waals surface area contributed by atoms with Crippen molar-refractivity contribution in [1.29, 1.82) is 0 Å². The van der Waals surface area contributed by atoms with Crippen LogP contribution in [0.2, 0.25) is 0 Å². The first kappa shape index (κ1) is 12.2. The molecule has 1 saturated heterocycles. The zero-order chi connectivity index (χ0) is 12.4. The average molecular weight is 248 g/mol. The highest BCUT2D eigenvalue weighted by Crippen LogP contribution is 2.21. The predicted octanol–water partition coefficient (Wildman–Crippen LogP) is 1.33. The van der Waals surface area contributed by atoms with E-state index in [-0.39, 0.29) is 0 Å². The minimum absolute atomic E-state index is 0.791. The zero-order valence-corrected chi connectivity index (χ0v) is 11.3. The first-order valence-corrected chi connectivity index (χ1v) is 7.35. The summed E-state index contributed by atoms with van der Waals surface area (Å²) in [5.41, 5.74) is 2.62. The molecule has 1 aromatic rings. The van der Waals surface area contributed by atoms with Crippen LogP contribution in [0.5, 0.6) is 0 Å². The van der Waals surface area contributed by atoms with Gasteiger partial charge in [-0.25, -0.2) is 4.98 Å². The lowest BCUT2D eigenvalue weighted by atomic mass is 9.94. The van der Waals surface area contributed by atoms with Gasteiger partial charge >= 0.3 is 0 Å². The molecule has 1 unspecified atom stereocenters. The number of aromatic amines is 1. The van der Waals surface area contributed by atoms with Crippen LogP contribution in [-0.4, -0.2) is 41.0 Å². The van der Waals surface area contributed by atoms with E-state index in [1.165, 1.54) is 49.7 Å². The summed E-state index contributed by atoms with van der Waals surface area (Å²) >= 11 is 0. The van der Waals surface area contributed by atoms with E-state index < -0.39 is 0 Å². The molecule has 1 aromatic heterocycles. The summed E-state index contributed by atoms with van der Waals surface area (Å²) in [6.45, 7) is 8.03. The van der Waals surface area contributed by atoms with Crippen LogP contribution < -0.4 is 5.32 Å². The number of imidazole rings is 1. The summed E-state index contributed by atoms with van der Waals surface area (Å²) in [4.78, 5) is 10.9. The monoisotopic (exact) mass is 248 g/mol. The van der Waals surface area contributed by atoms with Gasteiger partial charge < -0.3 is 15.2 Å². The summed E-state index contributed by atoms with van der Waals surface area (Å²) in [7, 11) is 0. The largest absolute Gasteiger partial charge is 0.345 e. The van der Waals surface area contributed by atoms with Crippen molar-refractivity contribution < 1.29 is 0 Å². The molecular formula is C14H24N4. The van der Waals surface area contributed by atoms with E-state index >= 15 is 0 Å². The van der Waals surface area contributed by atoms with E-state index in [0.717, 1.165) is 31.8 Å². The number of aromatic nitrogens is 2. The molecule has 1 atom stereocenters. The number of nitrogens with one attached hydrogen (secondary N) is 2. The van der Waals surface area contributed by atoms with E-state index in [9.17, 15) is 0 Å². The minimum Gasteiger partial charge on any atom is -0.345 e. The molecule has 2 N–H and O–H groups in total. The molecule has 3 rings (SSSR count). The maximum absolute atomic E-state index is 4.78. The highest BCUT2D eigenvalue weighted by Gasteiger charge is 2.21. The Labute approximate surface area is 109 Å². The fourth-order valence-corrected chi connectivity index (χ4v) is 3.25. The molecule has 18 heavy (non-hydrogen) atoms. The molecule has 2 aliphatic rings. The Kier molecular flexibility index (Phi) is 3.66. The van der Waals surface area contributed by atoms with Crippen LogP contribution in [0, 0.1) is 5.92 Å². The van der Waals surface area contributed by atoms with Gasteiger partial charge in [-0.3, -0.25) is 0 Å².